The Kier molecular flexibility index (Phi) is 3.80. The maximum atomic E-state index is 10.7. The minimum Gasteiger partial charge on any atom is -0.477 e. The number of aromatic carboxylic acids is 1. The number of rotatable bonds is 4. The highest BCUT2D eigenvalue weighted by Gasteiger charge is 2.07. The topological polar surface area (TPSA) is 62.2 Å². The molecule has 0 bridgehead atoms. The van der Waals surface area contributed by atoms with E-state index in [9.17, 15) is 4.79 Å². The predicted molar refractivity (Wildman–Crippen MR) is 74.4 cm³/mol. The van der Waals surface area contributed by atoms with Crippen molar-refractivity contribution in [1.82, 2.24) is 4.98 Å². The van der Waals surface area contributed by atoms with E-state index in [4.69, 9.17) is 5.11 Å². The number of nitrogens with one attached hydrogen (secondary N) is 1. The maximum Gasteiger partial charge on any atom is 0.354 e. The van der Waals surface area contributed by atoms with Crippen molar-refractivity contribution in [3.8, 4) is 0 Å². The predicted octanol–water partition coefficient (Wildman–Crippen LogP) is 3.26. The van der Waals surface area contributed by atoms with Crippen LogP contribution in [0.4, 0.5) is 5.69 Å². The van der Waals surface area contributed by atoms with Crippen LogP contribution in [0, 0.1) is 6.92 Å². The van der Waals surface area contributed by atoms with Gasteiger partial charge in [0.25, 0.3) is 0 Å². The van der Waals surface area contributed by atoms with Crippen molar-refractivity contribution in [2.24, 2.45) is 0 Å². The van der Waals surface area contributed by atoms with E-state index in [-0.39, 0.29) is 11.7 Å². The van der Waals surface area contributed by atoms with Gasteiger partial charge >= 0.3 is 5.97 Å². The molecule has 4 heteroatoms. The van der Waals surface area contributed by atoms with Crippen LogP contribution in [0.3, 0.4) is 0 Å². The number of aromatic nitrogens is 1. The van der Waals surface area contributed by atoms with Gasteiger partial charge in [-0.3, -0.25) is 0 Å². The van der Waals surface area contributed by atoms with Crippen LogP contribution in [-0.2, 0) is 0 Å². The van der Waals surface area contributed by atoms with Crippen LogP contribution in [-0.4, -0.2) is 16.1 Å². The summed E-state index contributed by atoms with van der Waals surface area (Å²) in [5, 5.41) is 12.1. The van der Waals surface area contributed by atoms with Gasteiger partial charge in [-0.25, -0.2) is 9.78 Å². The van der Waals surface area contributed by atoms with Crippen LogP contribution in [0.2, 0.25) is 0 Å². The monoisotopic (exact) mass is 256 g/mol. The molecule has 1 aromatic carbocycles. The first-order valence-electron chi connectivity index (χ1n) is 6.08. The Bertz CT molecular complexity index is 562. The van der Waals surface area contributed by atoms with Crippen LogP contribution >= 0.6 is 0 Å². The summed E-state index contributed by atoms with van der Waals surface area (Å²) in [5.74, 6) is -1.02. The Morgan fingerprint density at radius 1 is 1.21 bits per heavy atom. The molecule has 1 unspecified atom stereocenters. The molecule has 0 amide bonds. The van der Waals surface area contributed by atoms with E-state index >= 15 is 0 Å². The lowest BCUT2D eigenvalue weighted by molar-refractivity contribution is 0.0690. The number of aryl methyl sites for hydroxylation is 1. The van der Waals surface area contributed by atoms with Gasteiger partial charge in [-0.15, -0.1) is 0 Å². The number of nitrogens with zero attached hydrogens (tertiary/aromatic N) is 1. The minimum absolute atomic E-state index is 0.0496. The van der Waals surface area contributed by atoms with Crippen molar-refractivity contribution in [3.63, 3.8) is 0 Å². The molecule has 0 radical (unpaired) electrons. The van der Waals surface area contributed by atoms with Gasteiger partial charge in [-0.2, -0.15) is 0 Å². The Morgan fingerprint density at radius 3 is 2.42 bits per heavy atom. The molecular weight excluding hydrogens is 240 g/mol. The van der Waals surface area contributed by atoms with Gasteiger partial charge in [-0.1, -0.05) is 29.8 Å². The molecule has 0 aliphatic carbocycles. The average Bonchev–Trinajstić information content (AvgIpc) is 2.40. The third kappa shape index (κ3) is 3.31. The molecule has 2 rings (SSSR count). The van der Waals surface area contributed by atoms with E-state index in [1.54, 1.807) is 6.07 Å². The highest BCUT2D eigenvalue weighted by Crippen LogP contribution is 2.19. The molecular formula is C15H16N2O2. The quantitative estimate of drug-likeness (QED) is 0.881. The second-order valence-electron chi connectivity index (χ2n) is 4.51. The van der Waals surface area contributed by atoms with Gasteiger partial charge in [0.1, 0.15) is 5.69 Å². The average molecular weight is 256 g/mol. The first-order chi connectivity index (χ1) is 9.06. The number of hydrogen-bond acceptors (Lipinski definition) is 3. The highest BCUT2D eigenvalue weighted by atomic mass is 16.4. The van der Waals surface area contributed by atoms with Crippen molar-refractivity contribution in [1.29, 1.82) is 0 Å². The maximum absolute atomic E-state index is 10.7. The summed E-state index contributed by atoms with van der Waals surface area (Å²) in [4.78, 5) is 14.6. The smallest absolute Gasteiger partial charge is 0.354 e. The van der Waals surface area contributed by atoms with Crippen molar-refractivity contribution in [2.75, 3.05) is 5.32 Å². The summed E-state index contributed by atoms with van der Waals surface area (Å²) in [6.07, 6.45) is 1.54. The lowest BCUT2D eigenvalue weighted by Crippen LogP contribution is -2.07. The molecule has 2 N–H and O–H groups in total. The van der Waals surface area contributed by atoms with Gasteiger partial charge in [0.05, 0.1) is 11.9 Å². The molecule has 1 aromatic heterocycles. The Morgan fingerprint density at radius 2 is 1.89 bits per heavy atom. The lowest BCUT2D eigenvalue weighted by atomic mass is 10.1. The molecule has 0 spiro atoms. The fraction of sp³-hybridized carbons (Fsp3) is 0.200. The molecule has 1 heterocycles. The Hall–Kier alpha value is -2.36. The Labute approximate surface area is 112 Å². The number of hydrogen-bond donors (Lipinski definition) is 2. The van der Waals surface area contributed by atoms with Crippen molar-refractivity contribution in [3.05, 3.63) is 59.4 Å². The SMILES string of the molecule is Cc1ccc(C(C)Nc2ccc(C(=O)O)nc2)cc1. The third-order valence-electron chi connectivity index (χ3n) is 2.94. The van der Waals surface area contributed by atoms with Gasteiger partial charge < -0.3 is 10.4 Å². The fourth-order valence-electron chi connectivity index (χ4n) is 1.79. The standard InChI is InChI=1S/C15H16N2O2/c1-10-3-5-12(6-4-10)11(2)17-13-7-8-14(15(18)19)16-9-13/h3-9,11,17H,1-2H3,(H,18,19). The van der Waals surface area contributed by atoms with E-state index in [0.717, 1.165) is 5.69 Å². The highest BCUT2D eigenvalue weighted by molar-refractivity contribution is 5.85. The number of benzene rings is 1. The molecule has 98 valence electrons. The van der Waals surface area contributed by atoms with Gasteiger partial charge in [0.15, 0.2) is 0 Å². The van der Waals surface area contributed by atoms with E-state index in [1.165, 1.54) is 23.4 Å². The largest absolute Gasteiger partial charge is 0.477 e. The second-order valence-corrected chi connectivity index (χ2v) is 4.51. The van der Waals surface area contributed by atoms with Crippen LogP contribution in [0.15, 0.2) is 42.6 Å². The van der Waals surface area contributed by atoms with Gasteiger partial charge in [0, 0.05) is 6.04 Å². The number of carboxylic acids is 1. The zero-order valence-corrected chi connectivity index (χ0v) is 10.9. The van der Waals surface area contributed by atoms with Crippen LogP contribution in [0.1, 0.15) is 34.6 Å². The molecule has 1 atom stereocenters. The van der Waals surface area contributed by atoms with E-state index in [2.05, 4.69) is 48.4 Å². The van der Waals surface area contributed by atoms with Crippen LogP contribution in [0.25, 0.3) is 0 Å². The molecule has 0 saturated heterocycles. The minimum atomic E-state index is -1.02. The van der Waals surface area contributed by atoms with Crippen LogP contribution in [0.5, 0.6) is 0 Å². The van der Waals surface area contributed by atoms with E-state index in [1.807, 2.05) is 0 Å². The van der Waals surface area contributed by atoms with Crippen molar-refractivity contribution in [2.45, 2.75) is 19.9 Å². The van der Waals surface area contributed by atoms with Gasteiger partial charge in [0.2, 0.25) is 0 Å². The molecule has 0 fully saturated rings. The molecule has 2 aromatic rings. The summed E-state index contributed by atoms with van der Waals surface area (Å²) < 4.78 is 0. The molecule has 19 heavy (non-hydrogen) atoms. The summed E-state index contributed by atoms with van der Waals surface area (Å²) in [6.45, 7) is 4.10. The van der Waals surface area contributed by atoms with Crippen LogP contribution < -0.4 is 5.32 Å². The molecule has 0 aliphatic rings. The third-order valence-corrected chi connectivity index (χ3v) is 2.94. The lowest BCUT2D eigenvalue weighted by Gasteiger charge is -2.15. The number of carbonyl (C=O) groups is 1. The normalized spacial score (nSPS) is 11.9. The summed E-state index contributed by atoms with van der Waals surface area (Å²) in [7, 11) is 0. The Balaban J connectivity index is 2.08. The molecule has 0 saturated carbocycles. The zero-order chi connectivity index (χ0) is 13.8. The van der Waals surface area contributed by atoms with E-state index in [0.29, 0.717) is 0 Å². The second kappa shape index (κ2) is 5.52. The molecule has 4 nitrogen and oxygen atoms in total. The summed E-state index contributed by atoms with van der Waals surface area (Å²) >= 11 is 0. The first kappa shape index (κ1) is 13.1. The van der Waals surface area contributed by atoms with Crippen molar-refractivity contribution < 1.29 is 9.90 Å². The first-order valence-corrected chi connectivity index (χ1v) is 6.08. The fourth-order valence-corrected chi connectivity index (χ4v) is 1.79. The van der Waals surface area contributed by atoms with Crippen molar-refractivity contribution >= 4 is 11.7 Å². The number of carboxylic acid groups (broad SMARTS) is 1. The summed E-state index contributed by atoms with van der Waals surface area (Å²) in [5.41, 5.74) is 3.25. The summed E-state index contributed by atoms with van der Waals surface area (Å²) in [6, 6.07) is 11.6. The number of anilines is 1. The molecule has 0 aliphatic heterocycles. The van der Waals surface area contributed by atoms with E-state index < -0.39 is 5.97 Å². The number of pyridine rings is 1. The zero-order valence-electron chi connectivity index (χ0n) is 10.9. The van der Waals surface area contributed by atoms with Gasteiger partial charge in [-0.05, 0) is 31.5 Å².